The van der Waals surface area contributed by atoms with Crippen molar-refractivity contribution < 1.29 is 9.13 Å². The third kappa shape index (κ3) is 4.02. The lowest BCUT2D eigenvalue weighted by Crippen LogP contribution is -2.26. The van der Waals surface area contributed by atoms with Crippen molar-refractivity contribution >= 4 is 0 Å². The Morgan fingerprint density at radius 2 is 2.12 bits per heavy atom. The lowest BCUT2D eigenvalue weighted by molar-refractivity contribution is 0.236. The van der Waals surface area contributed by atoms with Gasteiger partial charge in [-0.05, 0) is 46.5 Å². The molecule has 2 heterocycles. The van der Waals surface area contributed by atoms with Crippen molar-refractivity contribution in [2.75, 3.05) is 27.7 Å². The molecular formula is C20H27FN4O. The molecule has 0 spiro atoms. The van der Waals surface area contributed by atoms with E-state index in [1.165, 1.54) is 7.11 Å². The third-order valence-corrected chi connectivity index (χ3v) is 4.82. The maximum atomic E-state index is 14.6. The summed E-state index contributed by atoms with van der Waals surface area (Å²) >= 11 is 0. The standard InChI is InChI=1S/C20H27FN4O/c1-14-22-11-16(12-24(2)3)20(23-14)17-8-6-10-25(17)13-15-7-5-9-18(26-4)19(15)21/h5,7,9,11,17H,6,8,10,12-13H2,1-4H3/t17-/m0/s1. The smallest absolute Gasteiger partial charge is 0.169 e. The number of aryl methyl sites for hydroxylation is 1. The van der Waals surface area contributed by atoms with E-state index in [9.17, 15) is 4.39 Å². The summed E-state index contributed by atoms with van der Waals surface area (Å²) in [6.07, 6.45) is 4.05. The molecule has 0 radical (unpaired) electrons. The number of benzene rings is 1. The highest BCUT2D eigenvalue weighted by molar-refractivity contribution is 5.31. The summed E-state index contributed by atoms with van der Waals surface area (Å²) in [5.41, 5.74) is 2.88. The van der Waals surface area contributed by atoms with E-state index in [1.54, 1.807) is 6.07 Å². The SMILES string of the molecule is COc1cccc(CN2CCC[C@H]2c2nc(C)ncc2CN(C)C)c1F. The first-order chi connectivity index (χ1) is 12.5. The molecule has 0 amide bonds. The van der Waals surface area contributed by atoms with Gasteiger partial charge in [0.2, 0.25) is 0 Å². The Morgan fingerprint density at radius 1 is 1.31 bits per heavy atom. The fourth-order valence-corrected chi connectivity index (χ4v) is 3.64. The number of halogens is 1. The molecule has 26 heavy (non-hydrogen) atoms. The van der Waals surface area contributed by atoms with Gasteiger partial charge >= 0.3 is 0 Å². The van der Waals surface area contributed by atoms with Crippen LogP contribution in [0.2, 0.25) is 0 Å². The number of hydrogen-bond acceptors (Lipinski definition) is 5. The zero-order valence-electron chi connectivity index (χ0n) is 16.0. The third-order valence-electron chi connectivity index (χ3n) is 4.82. The maximum absolute atomic E-state index is 14.6. The highest BCUT2D eigenvalue weighted by Crippen LogP contribution is 2.35. The van der Waals surface area contributed by atoms with Crippen molar-refractivity contribution in [2.24, 2.45) is 0 Å². The van der Waals surface area contributed by atoms with Gasteiger partial charge < -0.3 is 9.64 Å². The Hall–Kier alpha value is -2.05. The predicted molar refractivity (Wildman–Crippen MR) is 99.5 cm³/mol. The molecule has 2 aromatic rings. The van der Waals surface area contributed by atoms with E-state index < -0.39 is 0 Å². The van der Waals surface area contributed by atoms with Crippen LogP contribution >= 0.6 is 0 Å². The molecule has 0 N–H and O–H groups in total. The Balaban J connectivity index is 1.88. The molecule has 0 saturated carbocycles. The minimum Gasteiger partial charge on any atom is -0.494 e. The Kier molecular flexibility index (Phi) is 5.84. The number of hydrogen-bond donors (Lipinski definition) is 0. The van der Waals surface area contributed by atoms with E-state index in [4.69, 9.17) is 9.72 Å². The van der Waals surface area contributed by atoms with E-state index in [1.807, 2.05) is 39.3 Å². The fraction of sp³-hybridized carbons (Fsp3) is 0.500. The van der Waals surface area contributed by atoms with Crippen LogP contribution < -0.4 is 4.74 Å². The van der Waals surface area contributed by atoms with Crippen LogP contribution in [0.3, 0.4) is 0 Å². The molecular weight excluding hydrogens is 331 g/mol. The van der Waals surface area contributed by atoms with E-state index >= 15 is 0 Å². The summed E-state index contributed by atoms with van der Waals surface area (Å²) in [7, 11) is 5.58. The summed E-state index contributed by atoms with van der Waals surface area (Å²) in [6.45, 7) is 4.21. The van der Waals surface area contributed by atoms with Gasteiger partial charge in [-0.25, -0.2) is 14.4 Å². The molecule has 6 heteroatoms. The molecule has 1 aliphatic heterocycles. The van der Waals surface area contributed by atoms with Gasteiger partial charge in [0.25, 0.3) is 0 Å². The van der Waals surface area contributed by atoms with Crippen molar-refractivity contribution in [3.63, 3.8) is 0 Å². The number of aromatic nitrogens is 2. The van der Waals surface area contributed by atoms with Crippen LogP contribution in [0.15, 0.2) is 24.4 Å². The largest absolute Gasteiger partial charge is 0.494 e. The Bertz CT molecular complexity index is 765. The van der Waals surface area contributed by atoms with Crippen LogP contribution in [0.4, 0.5) is 4.39 Å². The highest BCUT2D eigenvalue weighted by Gasteiger charge is 2.30. The number of rotatable bonds is 6. The van der Waals surface area contributed by atoms with Crippen LogP contribution in [0.1, 0.15) is 41.5 Å². The van der Waals surface area contributed by atoms with Crippen molar-refractivity contribution in [3.05, 3.63) is 52.9 Å². The zero-order chi connectivity index (χ0) is 18.7. The van der Waals surface area contributed by atoms with E-state index in [0.29, 0.717) is 17.9 Å². The lowest BCUT2D eigenvalue weighted by Gasteiger charge is -2.27. The van der Waals surface area contributed by atoms with Gasteiger partial charge in [-0.1, -0.05) is 12.1 Å². The topological polar surface area (TPSA) is 41.5 Å². The molecule has 1 atom stereocenters. The maximum Gasteiger partial charge on any atom is 0.169 e. The van der Waals surface area contributed by atoms with Crippen molar-refractivity contribution in [1.82, 2.24) is 19.8 Å². The van der Waals surface area contributed by atoms with Gasteiger partial charge in [-0.15, -0.1) is 0 Å². The molecule has 3 rings (SSSR count). The van der Waals surface area contributed by atoms with Crippen LogP contribution in [-0.2, 0) is 13.1 Å². The molecule has 0 unspecified atom stereocenters. The minimum absolute atomic E-state index is 0.192. The monoisotopic (exact) mass is 358 g/mol. The average Bonchev–Trinajstić information content (AvgIpc) is 3.06. The molecule has 1 saturated heterocycles. The van der Waals surface area contributed by atoms with E-state index in [-0.39, 0.29) is 11.9 Å². The summed E-state index contributed by atoms with van der Waals surface area (Å²) < 4.78 is 19.7. The summed E-state index contributed by atoms with van der Waals surface area (Å²) in [5, 5.41) is 0. The second-order valence-electron chi connectivity index (χ2n) is 7.13. The second-order valence-corrected chi connectivity index (χ2v) is 7.13. The van der Waals surface area contributed by atoms with E-state index in [2.05, 4.69) is 14.8 Å². The Labute approximate surface area is 154 Å². The zero-order valence-corrected chi connectivity index (χ0v) is 16.0. The molecule has 1 fully saturated rings. The lowest BCUT2D eigenvalue weighted by atomic mass is 10.0. The first-order valence-electron chi connectivity index (χ1n) is 9.02. The van der Waals surface area contributed by atoms with Gasteiger partial charge in [0.05, 0.1) is 18.8 Å². The average molecular weight is 358 g/mol. The van der Waals surface area contributed by atoms with Crippen molar-refractivity contribution in [3.8, 4) is 5.75 Å². The van der Waals surface area contributed by atoms with Gasteiger partial charge in [0.1, 0.15) is 5.82 Å². The minimum atomic E-state index is -0.270. The Morgan fingerprint density at radius 3 is 2.85 bits per heavy atom. The van der Waals surface area contributed by atoms with E-state index in [0.717, 1.165) is 43.0 Å². The number of likely N-dealkylation sites (tertiary alicyclic amines) is 1. The molecule has 1 aromatic heterocycles. The van der Waals surface area contributed by atoms with Crippen LogP contribution in [0.25, 0.3) is 0 Å². The van der Waals surface area contributed by atoms with Crippen molar-refractivity contribution in [2.45, 2.75) is 38.9 Å². The first kappa shape index (κ1) is 18.7. The number of methoxy groups -OCH3 is 1. The fourth-order valence-electron chi connectivity index (χ4n) is 3.64. The van der Waals surface area contributed by atoms with Gasteiger partial charge in [0, 0.05) is 30.4 Å². The van der Waals surface area contributed by atoms with Gasteiger partial charge in [-0.3, -0.25) is 4.90 Å². The second kappa shape index (κ2) is 8.10. The molecule has 1 aromatic carbocycles. The number of nitrogens with zero attached hydrogens (tertiary/aromatic N) is 4. The predicted octanol–water partition coefficient (Wildman–Crippen LogP) is 3.33. The molecule has 0 bridgehead atoms. The van der Waals surface area contributed by atoms with Gasteiger partial charge in [-0.2, -0.15) is 0 Å². The quantitative estimate of drug-likeness (QED) is 0.792. The molecule has 5 nitrogen and oxygen atoms in total. The molecule has 1 aliphatic rings. The van der Waals surface area contributed by atoms with Crippen molar-refractivity contribution in [1.29, 1.82) is 0 Å². The highest BCUT2D eigenvalue weighted by atomic mass is 19.1. The van der Waals surface area contributed by atoms with Crippen LogP contribution in [0.5, 0.6) is 5.75 Å². The molecule has 140 valence electrons. The summed E-state index contributed by atoms with van der Waals surface area (Å²) in [5.74, 6) is 0.805. The first-order valence-corrected chi connectivity index (χ1v) is 9.02. The number of ether oxygens (including phenoxy) is 1. The molecule has 0 aliphatic carbocycles. The van der Waals surface area contributed by atoms with Crippen LogP contribution in [-0.4, -0.2) is 47.5 Å². The van der Waals surface area contributed by atoms with Crippen LogP contribution in [0, 0.1) is 12.7 Å². The summed E-state index contributed by atoms with van der Waals surface area (Å²) in [4.78, 5) is 13.6. The normalized spacial score (nSPS) is 17.8. The van der Waals surface area contributed by atoms with Gasteiger partial charge in [0.15, 0.2) is 11.6 Å². The summed E-state index contributed by atoms with van der Waals surface area (Å²) in [6, 6.07) is 5.52.